The molecule has 0 saturated carbocycles. The molecule has 0 aliphatic heterocycles. The van der Waals surface area contributed by atoms with Gasteiger partial charge in [-0.2, -0.15) is 13.2 Å². The van der Waals surface area contributed by atoms with Gasteiger partial charge in [-0.25, -0.2) is 9.18 Å². The minimum atomic E-state index is -4.73. The average molecular weight is 602 g/mol. The summed E-state index contributed by atoms with van der Waals surface area (Å²) in [5, 5.41) is 3.18. The highest BCUT2D eigenvalue weighted by atomic mass is 19.4. The van der Waals surface area contributed by atoms with E-state index in [1.54, 1.807) is 24.0 Å². The maximum atomic E-state index is 14.1. The second kappa shape index (κ2) is 15.6. The summed E-state index contributed by atoms with van der Waals surface area (Å²) in [6, 6.07) is 15.5. The number of ether oxygens (including phenoxy) is 1. The molecule has 0 heterocycles. The Morgan fingerprint density at radius 3 is 2.21 bits per heavy atom. The first kappa shape index (κ1) is 33.7. The van der Waals surface area contributed by atoms with Crippen LogP contribution in [0.1, 0.15) is 69.7 Å². The van der Waals surface area contributed by atoms with Gasteiger partial charge in [0, 0.05) is 37.8 Å². The van der Waals surface area contributed by atoms with Crippen LogP contribution >= 0.6 is 0 Å². The molecule has 0 aliphatic carbocycles. The van der Waals surface area contributed by atoms with Crippen LogP contribution in [0.5, 0.6) is 0 Å². The van der Waals surface area contributed by atoms with Crippen molar-refractivity contribution in [2.75, 3.05) is 19.6 Å². The quantitative estimate of drug-likeness (QED) is 0.167. The van der Waals surface area contributed by atoms with Crippen molar-refractivity contribution in [3.8, 4) is 0 Å². The monoisotopic (exact) mass is 601 g/mol. The van der Waals surface area contributed by atoms with E-state index >= 15 is 0 Å². The van der Waals surface area contributed by atoms with Gasteiger partial charge in [-0.1, -0.05) is 44.2 Å². The fourth-order valence-corrected chi connectivity index (χ4v) is 4.84. The number of benzene rings is 3. The Morgan fingerprint density at radius 1 is 0.930 bits per heavy atom. The lowest BCUT2D eigenvalue weighted by Gasteiger charge is -2.25. The average Bonchev–Trinajstić information content (AvgIpc) is 2.95. The van der Waals surface area contributed by atoms with Crippen LogP contribution in [-0.2, 0) is 23.9 Å². The Labute approximate surface area is 250 Å². The summed E-state index contributed by atoms with van der Waals surface area (Å²) in [4.78, 5) is 28.4. The fraction of sp³-hybridized carbons (Fsp3) is 0.394. The number of hydrogen-bond donors (Lipinski definition) is 2. The maximum absolute atomic E-state index is 14.1. The first-order valence-electron chi connectivity index (χ1n) is 14.4. The standard InChI is InChI=1S/C33H39F4N3O3/c1-4-11-40(12-5-2)31(41)25-13-22(3)14-26(18-25)32(42)43-30(21-39-20-23-9-7-6-8-10-23)29(38)17-24-15-27(33(35,36)37)19-28(34)16-24/h6-10,13-16,18-19,29-30,39H,4-5,11-12,17,20-21,38H2,1-3H3. The normalized spacial score (nSPS) is 12.9. The number of carbonyl (C=O) groups is 2. The molecule has 232 valence electrons. The summed E-state index contributed by atoms with van der Waals surface area (Å²) in [6.45, 7) is 7.41. The van der Waals surface area contributed by atoms with E-state index in [-0.39, 0.29) is 30.0 Å². The van der Waals surface area contributed by atoms with Gasteiger partial charge < -0.3 is 20.7 Å². The van der Waals surface area contributed by atoms with Crippen molar-refractivity contribution in [1.29, 1.82) is 0 Å². The number of aryl methyl sites for hydroxylation is 1. The van der Waals surface area contributed by atoms with Gasteiger partial charge in [-0.05, 0) is 79.3 Å². The second-order valence-electron chi connectivity index (χ2n) is 10.7. The van der Waals surface area contributed by atoms with Crippen LogP contribution < -0.4 is 11.1 Å². The van der Waals surface area contributed by atoms with Gasteiger partial charge in [0.2, 0.25) is 0 Å². The van der Waals surface area contributed by atoms with Gasteiger partial charge in [0.05, 0.1) is 11.1 Å². The number of nitrogens with zero attached hydrogens (tertiary/aromatic N) is 1. The first-order chi connectivity index (χ1) is 20.4. The van der Waals surface area contributed by atoms with E-state index in [0.717, 1.165) is 30.5 Å². The third-order valence-corrected chi connectivity index (χ3v) is 6.84. The molecule has 3 rings (SSSR count). The highest BCUT2D eigenvalue weighted by Gasteiger charge is 2.32. The van der Waals surface area contributed by atoms with Crippen LogP contribution in [0.3, 0.4) is 0 Å². The van der Waals surface area contributed by atoms with Gasteiger partial charge in [0.15, 0.2) is 0 Å². The summed E-state index contributed by atoms with van der Waals surface area (Å²) in [5.41, 5.74) is 7.47. The maximum Gasteiger partial charge on any atom is 0.416 e. The zero-order chi connectivity index (χ0) is 31.6. The molecule has 3 N–H and O–H groups in total. The number of esters is 1. The lowest BCUT2D eigenvalue weighted by molar-refractivity contribution is -0.137. The number of nitrogens with one attached hydrogen (secondary N) is 1. The Hall–Kier alpha value is -3.76. The van der Waals surface area contributed by atoms with E-state index in [0.29, 0.717) is 36.8 Å². The molecule has 43 heavy (non-hydrogen) atoms. The van der Waals surface area contributed by atoms with Crippen LogP contribution in [0.2, 0.25) is 0 Å². The molecule has 0 fully saturated rings. The van der Waals surface area contributed by atoms with E-state index in [1.165, 1.54) is 6.07 Å². The molecule has 2 unspecified atom stereocenters. The number of halogens is 4. The highest BCUT2D eigenvalue weighted by Crippen LogP contribution is 2.31. The fourth-order valence-electron chi connectivity index (χ4n) is 4.84. The largest absolute Gasteiger partial charge is 0.456 e. The van der Waals surface area contributed by atoms with Crippen LogP contribution in [0.4, 0.5) is 17.6 Å². The molecule has 0 saturated heterocycles. The van der Waals surface area contributed by atoms with Crippen LogP contribution in [0, 0.1) is 12.7 Å². The Bertz CT molecular complexity index is 1360. The van der Waals surface area contributed by atoms with E-state index < -0.39 is 35.7 Å². The predicted octanol–water partition coefficient (Wildman–Crippen LogP) is 6.30. The molecule has 3 aromatic carbocycles. The summed E-state index contributed by atoms with van der Waals surface area (Å²) in [5.74, 6) is -1.96. The minimum Gasteiger partial charge on any atom is -0.456 e. The minimum absolute atomic E-state index is 0.0271. The number of amides is 1. The molecule has 0 aromatic heterocycles. The molecule has 2 atom stereocenters. The Balaban J connectivity index is 1.84. The van der Waals surface area contributed by atoms with Crippen molar-refractivity contribution in [2.24, 2.45) is 5.73 Å². The Morgan fingerprint density at radius 2 is 1.58 bits per heavy atom. The zero-order valence-corrected chi connectivity index (χ0v) is 24.7. The van der Waals surface area contributed by atoms with E-state index in [9.17, 15) is 27.2 Å². The van der Waals surface area contributed by atoms with Gasteiger partial charge in [-0.15, -0.1) is 0 Å². The molecule has 0 radical (unpaired) electrons. The van der Waals surface area contributed by atoms with Crippen molar-refractivity contribution in [3.63, 3.8) is 0 Å². The number of carbonyl (C=O) groups excluding carboxylic acids is 2. The van der Waals surface area contributed by atoms with E-state index in [2.05, 4.69) is 5.32 Å². The smallest absolute Gasteiger partial charge is 0.416 e. The van der Waals surface area contributed by atoms with Crippen molar-refractivity contribution < 1.29 is 31.9 Å². The number of nitrogens with two attached hydrogens (primary N) is 1. The van der Waals surface area contributed by atoms with Crippen LogP contribution in [-0.4, -0.2) is 48.6 Å². The van der Waals surface area contributed by atoms with Gasteiger partial charge >= 0.3 is 12.1 Å². The number of hydrogen-bond acceptors (Lipinski definition) is 5. The van der Waals surface area contributed by atoms with Gasteiger partial charge in [0.1, 0.15) is 11.9 Å². The molecular formula is C33H39F4N3O3. The summed E-state index contributed by atoms with van der Waals surface area (Å²) >= 11 is 0. The topological polar surface area (TPSA) is 84.7 Å². The van der Waals surface area contributed by atoms with Gasteiger partial charge in [0.25, 0.3) is 5.91 Å². The highest BCUT2D eigenvalue weighted by molar-refractivity contribution is 5.98. The summed E-state index contributed by atoms with van der Waals surface area (Å²) in [7, 11) is 0. The lowest BCUT2D eigenvalue weighted by atomic mass is 9.99. The summed E-state index contributed by atoms with van der Waals surface area (Å²) < 4.78 is 59.7. The molecular weight excluding hydrogens is 562 g/mol. The molecule has 0 bridgehead atoms. The van der Waals surface area contributed by atoms with Gasteiger partial charge in [-0.3, -0.25) is 4.79 Å². The third kappa shape index (κ3) is 10.2. The SMILES string of the molecule is CCCN(CCC)C(=O)c1cc(C)cc(C(=O)OC(CNCc2ccccc2)C(N)Cc2cc(F)cc(C(F)(F)F)c2)c1. The van der Waals surface area contributed by atoms with E-state index in [4.69, 9.17) is 10.5 Å². The van der Waals surface area contributed by atoms with Crippen molar-refractivity contribution >= 4 is 11.9 Å². The first-order valence-corrected chi connectivity index (χ1v) is 14.4. The molecule has 0 spiro atoms. The summed E-state index contributed by atoms with van der Waals surface area (Å²) in [6.07, 6.45) is -4.30. The third-order valence-electron chi connectivity index (χ3n) is 6.84. The Kier molecular flexibility index (Phi) is 12.3. The molecule has 6 nitrogen and oxygen atoms in total. The molecule has 1 amide bonds. The van der Waals surface area contributed by atoms with Crippen molar-refractivity contribution in [2.45, 2.75) is 64.9 Å². The predicted molar refractivity (Wildman–Crippen MR) is 158 cm³/mol. The molecule has 3 aromatic rings. The number of alkyl halides is 3. The molecule has 0 aliphatic rings. The zero-order valence-electron chi connectivity index (χ0n) is 24.7. The second-order valence-corrected chi connectivity index (χ2v) is 10.7. The molecule has 10 heteroatoms. The van der Waals surface area contributed by atoms with E-state index in [1.807, 2.05) is 44.2 Å². The lowest BCUT2D eigenvalue weighted by Crippen LogP contribution is -2.46. The van der Waals surface area contributed by atoms with Crippen molar-refractivity contribution in [1.82, 2.24) is 10.2 Å². The number of rotatable bonds is 14. The van der Waals surface area contributed by atoms with Crippen molar-refractivity contribution in [3.05, 3.63) is 106 Å². The van der Waals surface area contributed by atoms with Crippen LogP contribution in [0.15, 0.2) is 66.7 Å². The van der Waals surface area contributed by atoms with Crippen LogP contribution in [0.25, 0.3) is 0 Å².